The zero-order valence-electron chi connectivity index (χ0n) is 6.67. The van der Waals surface area contributed by atoms with Gasteiger partial charge in [-0.25, -0.2) is 0 Å². The molecular weight excluding hydrogens is 132 g/mol. The van der Waals surface area contributed by atoms with Crippen molar-refractivity contribution in [3.8, 4) is 5.92 Å². The van der Waals surface area contributed by atoms with Crippen LogP contribution in [0, 0.1) is 18.3 Å². The second-order valence-corrected chi connectivity index (χ2v) is 2.74. The lowest BCUT2D eigenvalue weighted by molar-refractivity contribution is 0.750. The van der Waals surface area contributed by atoms with Crippen LogP contribution in [0.3, 0.4) is 0 Å². The Morgan fingerprint density at radius 1 is 1.36 bits per heavy atom. The topological polar surface area (TPSA) is 0 Å². The molecule has 0 amide bonds. The third kappa shape index (κ3) is 2.47. The van der Waals surface area contributed by atoms with Crippen LogP contribution >= 0.6 is 0 Å². The third-order valence-corrected chi connectivity index (χ3v) is 1.63. The standard InChI is InChI=1S/C11H11/c1-3-10(2)9-11-7-5-4-6-8-11/h4-8,10H,9H2,2H3. The minimum Gasteiger partial charge on any atom is -0.0856 e. The van der Waals surface area contributed by atoms with Crippen LogP contribution in [0.5, 0.6) is 0 Å². The summed E-state index contributed by atoms with van der Waals surface area (Å²) in [5, 5.41) is 0. The monoisotopic (exact) mass is 143 g/mol. The maximum absolute atomic E-state index is 6.91. The quantitative estimate of drug-likeness (QED) is 0.558. The van der Waals surface area contributed by atoms with E-state index >= 15 is 0 Å². The van der Waals surface area contributed by atoms with E-state index in [1.165, 1.54) is 5.56 Å². The van der Waals surface area contributed by atoms with Crippen LogP contribution in [-0.2, 0) is 6.42 Å². The highest BCUT2D eigenvalue weighted by atomic mass is 14.0. The van der Waals surface area contributed by atoms with Crippen LogP contribution in [0.15, 0.2) is 30.3 Å². The lowest BCUT2D eigenvalue weighted by atomic mass is 10.0. The van der Waals surface area contributed by atoms with E-state index in [1.807, 2.05) is 25.1 Å². The van der Waals surface area contributed by atoms with Gasteiger partial charge in [-0.1, -0.05) is 43.2 Å². The fourth-order valence-corrected chi connectivity index (χ4v) is 1.02. The Morgan fingerprint density at radius 3 is 2.55 bits per heavy atom. The normalized spacial score (nSPS) is 12.0. The van der Waals surface area contributed by atoms with Gasteiger partial charge in [0.15, 0.2) is 0 Å². The van der Waals surface area contributed by atoms with E-state index in [4.69, 9.17) is 6.42 Å². The molecule has 0 aliphatic heterocycles. The summed E-state index contributed by atoms with van der Waals surface area (Å²) in [5.74, 6) is 2.70. The molecule has 55 valence electrons. The van der Waals surface area contributed by atoms with E-state index in [0.717, 1.165) is 6.42 Å². The predicted molar refractivity (Wildman–Crippen MR) is 46.4 cm³/mol. The van der Waals surface area contributed by atoms with Crippen molar-refractivity contribution < 1.29 is 0 Å². The maximum Gasteiger partial charge on any atom is 0.0225 e. The summed E-state index contributed by atoms with van der Waals surface area (Å²) in [6.45, 7) is 2.00. The number of hydrogen-bond donors (Lipinski definition) is 0. The Hall–Kier alpha value is -1.22. The van der Waals surface area contributed by atoms with Crippen molar-refractivity contribution in [2.45, 2.75) is 13.3 Å². The van der Waals surface area contributed by atoms with Crippen molar-refractivity contribution >= 4 is 0 Å². The van der Waals surface area contributed by atoms with Gasteiger partial charge in [0.1, 0.15) is 0 Å². The molecule has 0 aliphatic rings. The Balaban J connectivity index is 2.60. The first kappa shape index (κ1) is 7.88. The molecule has 0 saturated heterocycles. The molecule has 11 heavy (non-hydrogen) atoms. The Bertz CT molecular complexity index is 240. The molecule has 0 nitrogen and oxygen atoms in total. The van der Waals surface area contributed by atoms with Gasteiger partial charge in [-0.15, -0.1) is 0 Å². The second-order valence-electron chi connectivity index (χ2n) is 2.74. The first-order chi connectivity index (χ1) is 5.33. The fourth-order valence-electron chi connectivity index (χ4n) is 1.02. The summed E-state index contributed by atoms with van der Waals surface area (Å²) in [4.78, 5) is 0. The van der Waals surface area contributed by atoms with Crippen molar-refractivity contribution in [3.05, 3.63) is 42.3 Å². The predicted octanol–water partition coefficient (Wildman–Crippen LogP) is 2.45. The summed E-state index contributed by atoms with van der Waals surface area (Å²) in [7, 11) is 0. The van der Waals surface area contributed by atoms with Crippen LogP contribution in [0.25, 0.3) is 0 Å². The summed E-state index contributed by atoms with van der Waals surface area (Å²) in [6, 6.07) is 10.2. The van der Waals surface area contributed by atoms with Crippen LogP contribution in [-0.4, -0.2) is 0 Å². The van der Waals surface area contributed by atoms with Crippen LogP contribution < -0.4 is 0 Å². The van der Waals surface area contributed by atoms with E-state index in [-0.39, 0.29) is 5.92 Å². The van der Waals surface area contributed by atoms with E-state index in [2.05, 4.69) is 18.1 Å². The van der Waals surface area contributed by atoms with Gasteiger partial charge in [0.05, 0.1) is 0 Å². The third-order valence-electron chi connectivity index (χ3n) is 1.63. The Kier molecular flexibility index (Phi) is 2.74. The van der Waals surface area contributed by atoms with Crippen molar-refractivity contribution in [3.63, 3.8) is 0 Å². The van der Waals surface area contributed by atoms with Gasteiger partial charge in [-0.3, -0.25) is 0 Å². The van der Waals surface area contributed by atoms with Gasteiger partial charge in [0.2, 0.25) is 0 Å². The summed E-state index contributed by atoms with van der Waals surface area (Å²) < 4.78 is 0. The molecule has 1 rings (SSSR count). The maximum atomic E-state index is 6.91. The number of rotatable bonds is 2. The van der Waals surface area contributed by atoms with Gasteiger partial charge in [0.25, 0.3) is 0 Å². The Labute approximate surface area is 68.3 Å². The molecule has 1 radical (unpaired) electrons. The minimum atomic E-state index is 0.234. The molecule has 0 spiro atoms. The van der Waals surface area contributed by atoms with E-state index in [9.17, 15) is 0 Å². The molecule has 0 bridgehead atoms. The first-order valence-electron chi connectivity index (χ1n) is 3.79. The first-order valence-corrected chi connectivity index (χ1v) is 3.79. The van der Waals surface area contributed by atoms with E-state index < -0.39 is 0 Å². The van der Waals surface area contributed by atoms with Crippen molar-refractivity contribution in [1.29, 1.82) is 0 Å². The van der Waals surface area contributed by atoms with E-state index in [0.29, 0.717) is 0 Å². The van der Waals surface area contributed by atoms with Crippen LogP contribution in [0.2, 0.25) is 0 Å². The molecule has 0 N–H and O–H groups in total. The van der Waals surface area contributed by atoms with Gasteiger partial charge < -0.3 is 0 Å². The molecule has 1 aromatic rings. The molecule has 0 aliphatic carbocycles. The fraction of sp³-hybridized carbons (Fsp3) is 0.273. The van der Waals surface area contributed by atoms with E-state index in [1.54, 1.807) is 0 Å². The minimum absolute atomic E-state index is 0.234. The van der Waals surface area contributed by atoms with Crippen LogP contribution in [0.1, 0.15) is 12.5 Å². The molecule has 0 fully saturated rings. The van der Waals surface area contributed by atoms with Gasteiger partial charge >= 0.3 is 0 Å². The SMILES string of the molecule is [C]#CC(C)Cc1ccccc1. The average molecular weight is 143 g/mol. The zero-order chi connectivity index (χ0) is 8.10. The lowest BCUT2D eigenvalue weighted by Crippen LogP contribution is -1.94. The molecule has 1 aromatic carbocycles. The van der Waals surface area contributed by atoms with Crippen molar-refractivity contribution in [2.75, 3.05) is 0 Å². The molecule has 0 heterocycles. The van der Waals surface area contributed by atoms with Gasteiger partial charge in [-0.2, -0.15) is 0 Å². The molecule has 0 saturated carbocycles. The van der Waals surface area contributed by atoms with Gasteiger partial charge in [0, 0.05) is 5.92 Å². The molecule has 0 heteroatoms. The lowest BCUT2D eigenvalue weighted by Gasteiger charge is -2.01. The van der Waals surface area contributed by atoms with Gasteiger partial charge in [-0.05, 0) is 18.4 Å². The highest BCUT2D eigenvalue weighted by Crippen LogP contribution is 2.06. The van der Waals surface area contributed by atoms with Crippen LogP contribution in [0.4, 0.5) is 0 Å². The number of hydrogen-bond acceptors (Lipinski definition) is 0. The van der Waals surface area contributed by atoms with Crippen molar-refractivity contribution in [2.24, 2.45) is 5.92 Å². The highest BCUT2D eigenvalue weighted by Gasteiger charge is 1.97. The molecule has 1 unspecified atom stereocenters. The Morgan fingerprint density at radius 2 is 2.00 bits per heavy atom. The smallest absolute Gasteiger partial charge is 0.0225 e. The molecule has 0 aromatic heterocycles. The van der Waals surface area contributed by atoms with Crippen molar-refractivity contribution in [1.82, 2.24) is 0 Å². The zero-order valence-corrected chi connectivity index (χ0v) is 6.67. The molecule has 1 atom stereocenters. The number of benzene rings is 1. The summed E-state index contributed by atoms with van der Waals surface area (Å²) in [5.41, 5.74) is 1.28. The molecular formula is C11H11. The summed E-state index contributed by atoms with van der Waals surface area (Å²) in [6.07, 6.45) is 7.83. The second kappa shape index (κ2) is 3.83. The average Bonchev–Trinajstić information content (AvgIpc) is 2.06. The largest absolute Gasteiger partial charge is 0.0856 e. The summed E-state index contributed by atoms with van der Waals surface area (Å²) >= 11 is 0. The highest BCUT2D eigenvalue weighted by molar-refractivity contribution is 5.16.